The number of hydrogen-bond acceptors (Lipinski definition) is 2. The van der Waals surface area contributed by atoms with Crippen LogP contribution in [0.3, 0.4) is 0 Å². The van der Waals surface area contributed by atoms with Crippen LogP contribution in [0.5, 0.6) is 5.75 Å². The number of benzene rings is 2. The quantitative estimate of drug-likeness (QED) is 0.822. The average molecular weight is 285 g/mol. The summed E-state index contributed by atoms with van der Waals surface area (Å²) in [5, 5.41) is 10.6. The van der Waals surface area contributed by atoms with Gasteiger partial charge in [0.2, 0.25) is 0 Å². The Balaban J connectivity index is 2.34. The molecule has 0 amide bonds. The molecule has 0 unspecified atom stereocenters. The van der Waals surface area contributed by atoms with Gasteiger partial charge in [-0.15, -0.1) is 0 Å². The Hall–Kier alpha value is -0.830. The number of halogens is 2. The topological polar surface area (TPSA) is 20.2 Å². The lowest BCUT2D eigenvalue weighted by molar-refractivity contribution is 0.474. The highest BCUT2D eigenvalue weighted by atomic mass is 35.5. The zero-order chi connectivity index (χ0) is 12.4. The number of phenols is 1. The van der Waals surface area contributed by atoms with Crippen molar-refractivity contribution >= 4 is 35.0 Å². The van der Waals surface area contributed by atoms with Crippen molar-refractivity contribution in [2.45, 2.75) is 16.7 Å². The molecule has 1 N–H and O–H groups in total. The van der Waals surface area contributed by atoms with Crippen molar-refractivity contribution in [2.75, 3.05) is 0 Å². The molecule has 2 aromatic rings. The minimum absolute atomic E-state index is 0.111. The average Bonchev–Trinajstić information content (AvgIpc) is 2.30. The highest BCUT2D eigenvalue weighted by Gasteiger charge is 2.08. The van der Waals surface area contributed by atoms with Crippen LogP contribution in [0.25, 0.3) is 0 Å². The van der Waals surface area contributed by atoms with E-state index in [0.29, 0.717) is 10.0 Å². The van der Waals surface area contributed by atoms with E-state index in [-0.39, 0.29) is 5.75 Å². The SMILES string of the molecule is Cc1c(Sc2cccc(Cl)c2)ccc(O)c1Cl. The van der Waals surface area contributed by atoms with Gasteiger partial charge in [0, 0.05) is 14.8 Å². The molecule has 2 rings (SSSR count). The first-order valence-electron chi connectivity index (χ1n) is 4.99. The van der Waals surface area contributed by atoms with Gasteiger partial charge in [0.1, 0.15) is 5.75 Å². The zero-order valence-electron chi connectivity index (χ0n) is 9.08. The Morgan fingerprint density at radius 3 is 2.59 bits per heavy atom. The van der Waals surface area contributed by atoms with E-state index in [1.165, 1.54) is 0 Å². The Morgan fingerprint density at radius 2 is 1.88 bits per heavy atom. The van der Waals surface area contributed by atoms with E-state index >= 15 is 0 Å². The number of phenolic OH excluding ortho intramolecular Hbond substituents is 1. The minimum Gasteiger partial charge on any atom is -0.506 e. The van der Waals surface area contributed by atoms with Crippen molar-refractivity contribution in [3.05, 3.63) is 52.0 Å². The summed E-state index contributed by atoms with van der Waals surface area (Å²) in [6, 6.07) is 11.1. The van der Waals surface area contributed by atoms with Crippen LogP contribution < -0.4 is 0 Å². The van der Waals surface area contributed by atoms with Gasteiger partial charge in [0.15, 0.2) is 0 Å². The summed E-state index contributed by atoms with van der Waals surface area (Å²) in [6.07, 6.45) is 0. The molecule has 0 saturated carbocycles. The van der Waals surface area contributed by atoms with Crippen molar-refractivity contribution in [1.29, 1.82) is 0 Å². The monoisotopic (exact) mass is 284 g/mol. The molecule has 1 nitrogen and oxygen atoms in total. The van der Waals surface area contributed by atoms with Crippen molar-refractivity contribution in [3.63, 3.8) is 0 Å². The first-order chi connectivity index (χ1) is 8.08. The summed E-state index contributed by atoms with van der Waals surface area (Å²) in [5.41, 5.74) is 0.872. The summed E-state index contributed by atoms with van der Waals surface area (Å²) < 4.78 is 0. The summed E-state index contributed by atoms with van der Waals surface area (Å²) in [6.45, 7) is 1.88. The van der Waals surface area contributed by atoms with E-state index in [1.807, 2.05) is 37.3 Å². The summed E-state index contributed by atoms with van der Waals surface area (Å²) in [7, 11) is 0. The van der Waals surface area contributed by atoms with Crippen molar-refractivity contribution < 1.29 is 5.11 Å². The second kappa shape index (κ2) is 5.21. The fourth-order valence-electron chi connectivity index (χ4n) is 1.42. The maximum atomic E-state index is 9.47. The third kappa shape index (κ3) is 2.89. The summed E-state index contributed by atoms with van der Waals surface area (Å²) in [5.74, 6) is 0.111. The van der Waals surface area contributed by atoms with Crippen LogP contribution in [-0.2, 0) is 0 Å². The Morgan fingerprint density at radius 1 is 1.12 bits per heavy atom. The molecular weight excluding hydrogens is 275 g/mol. The van der Waals surface area contributed by atoms with Crippen LogP contribution in [0.4, 0.5) is 0 Å². The third-order valence-electron chi connectivity index (χ3n) is 2.34. The molecule has 0 aromatic heterocycles. The first-order valence-corrected chi connectivity index (χ1v) is 6.56. The van der Waals surface area contributed by atoms with E-state index in [2.05, 4.69) is 0 Å². The largest absolute Gasteiger partial charge is 0.506 e. The standard InChI is InChI=1S/C13H10Cl2OS/c1-8-12(6-5-11(16)13(8)15)17-10-4-2-3-9(14)7-10/h2-7,16H,1H3. The van der Waals surface area contributed by atoms with Gasteiger partial charge in [-0.2, -0.15) is 0 Å². The van der Waals surface area contributed by atoms with Crippen LogP contribution in [0.1, 0.15) is 5.56 Å². The second-order valence-corrected chi connectivity index (χ2v) is 5.51. The molecule has 0 aliphatic carbocycles. The molecule has 17 heavy (non-hydrogen) atoms. The van der Waals surface area contributed by atoms with Crippen LogP contribution in [0.15, 0.2) is 46.2 Å². The summed E-state index contributed by atoms with van der Waals surface area (Å²) >= 11 is 13.5. The normalized spacial score (nSPS) is 10.5. The second-order valence-electron chi connectivity index (χ2n) is 3.58. The van der Waals surface area contributed by atoms with Crippen LogP contribution in [-0.4, -0.2) is 5.11 Å². The van der Waals surface area contributed by atoms with E-state index in [4.69, 9.17) is 23.2 Å². The molecule has 0 radical (unpaired) electrons. The Labute approximate surface area is 114 Å². The molecule has 0 saturated heterocycles. The molecule has 0 aliphatic heterocycles. The van der Waals surface area contributed by atoms with Crippen molar-refractivity contribution in [2.24, 2.45) is 0 Å². The van der Waals surface area contributed by atoms with Gasteiger partial charge in [-0.05, 0) is 42.8 Å². The number of rotatable bonds is 2. The molecular formula is C13H10Cl2OS. The maximum absolute atomic E-state index is 9.47. The van der Waals surface area contributed by atoms with Crippen molar-refractivity contribution in [1.82, 2.24) is 0 Å². The van der Waals surface area contributed by atoms with Gasteiger partial charge >= 0.3 is 0 Å². The van der Waals surface area contributed by atoms with E-state index < -0.39 is 0 Å². The molecule has 0 bridgehead atoms. The smallest absolute Gasteiger partial charge is 0.134 e. The predicted molar refractivity (Wildman–Crippen MR) is 73.4 cm³/mol. The zero-order valence-corrected chi connectivity index (χ0v) is 11.4. The van der Waals surface area contributed by atoms with Gasteiger partial charge in [-0.3, -0.25) is 0 Å². The lowest BCUT2D eigenvalue weighted by Gasteiger charge is -2.08. The molecule has 0 aliphatic rings. The Bertz CT molecular complexity index is 555. The van der Waals surface area contributed by atoms with Gasteiger partial charge in [-0.25, -0.2) is 0 Å². The minimum atomic E-state index is 0.111. The molecule has 2 aromatic carbocycles. The molecule has 0 spiro atoms. The highest BCUT2D eigenvalue weighted by molar-refractivity contribution is 7.99. The lowest BCUT2D eigenvalue weighted by Crippen LogP contribution is -1.82. The fraction of sp³-hybridized carbons (Fsp3) is 0.0769. The number of aromatic hydroxyl groups is 1. The van der Waals surface area contributed by atoms with E-state index in [0.717, 1.165) is 15.4 Å². The van der Waals surface area contributed by atoms with Crippen LogP contribution in [0.2, 0.25) is 10.0 Å². The first kappa shape index (κ1) is 12.6. The highest BCUT2D eigenvalue weighted by Crippen LogP contribution is 2.37. The van der Waals surface area contributed by atoms with Gasteiger partial charge in [-0.1, -0.05) is 41.0 Å². The van der Waals surface area contributed by atoms with Gasteiger partial charge in [0.25, 0.3) is 0 Å². The van der Waals surface area contributed by atoms with E-state index in [9.17, 15) is 5.11 Å². The summed E-state index contributed by atoms with van der Waals surface area (Å²) in [4.78, 5) is 2.05. The molecule has 0 atom stereocenters. The molecule has 4 heteroatoms. The van der Waals surface area contributed by atoms with Gasteiger partial charge in [0.05, 0.1) is 5.02 Å². The Kier molecular flexibility index (Phi) is 3.87. The molecule has 88 valence electrons. The molecule has 0 fully saturated rings. The third-order valence-corrected chi connectivity index (χ3v) is 4.20. The maximum Gasteiger partial charge on any atom is 0.134 e. The van der Waals surface area contributed by atoms with E-state index in [1.54, 1.807) is 17.8 Å². The van der Waals surface area contributed by atoms with Crippen molar-refractivity contribution in [3.8, 4) is 5.75 Å². The number of hydrogen-bond donors (Lipinski definition) is 1. The molecule has 0 heterocycles. The van der Waals surface area contributed by atoms with Gasteiger partial charge < -0.3 is 5.11 Å². The predicted octanol–water partition coefficient (Wildman–Crippen LogP) is 5.16. The lowest BCUT2D eigenvalue weighted by atomic mass is 10.2. The van der Waals surface area contributed by atoms with Crippen LogP contribution in [0, 0.1) is 6.92 Å². The fourth-order valence-corrected chi connectivity index (χ4v) is 2.87. The van der Waals surface area contributed by atoms with Crippen LogP contribution >= 0.6 is 35.0 Å².